The van der Waals surface area contributed by atoms with Crippen molar-refractivity contribution in [2.45, 2.75) is 17.7 Å². The molecule has 0 radical (unpaired) electrons. The van der Waals surface area contributed by atoms with Crippen molar-refractivity contribution in [2.75, 3.05) is 26.7 Å². The lowest BCUT2D eigenvalue weighted by atomic mass is 9.96. The summed E-state index contributed by atoms with van der Waals surface area (Å²) in [5, 5.41) is 0. The summed E-state index contributed by atoms with van der Waals surface area (Å²) in [5.41, 5.74) is 3.52. The van der Waals surface area contributed by atoms with Crippen LogP contribution in [0, 0.1) is 5.92 Å². The van der Waals surface area contributed by atoms with Crippen LogP contribution in [-0.2, 0) is 14.8 Å². The number of carbonyl (C=O) groups excluding carboxylic acids is 1. The molecule has 3 rings (SSSR count). The summed E-state index contributed by atoms with van der Waals surface area (Å²) in [5.74, 6) is 0.0489. The topological polar surface area (TPSA) is 87.7 Å². The number of methoxy groups -OCH3 is 1. The van der Waals surface area contributed by atoms with Crippen LogP contribution in [0.3, 0.4) is 0 Å². The largest absolute Gasteiger partial charge is 0.497 e. The van der Waals surface area contributed by atoms with Crippen LogP contribution in [0.2, 0.25) is 0 Å². The zero-order chi connectivity index (χ0) is 21.4. The number of nitrogens with zero attached hydrogens (tertiary/aromatic N) is 1. The molecule has 7 nitrogen and oxygen atoms in total. The van der Waals surface area contributed by atoms with Gasteiger partial charge in [0.15, 0.2) is 0 Å². The Morgan fingerprint density at radius 2 is 1.77 bits per heavy atom. The first-order valence-electron chi connectivity index (χ1n) is 9.87. The molecule has 1 fully saturated rings. The van der Waals surface area contributed by atoms with E-state index >= 15 is 0 Å². The van der Waals surface area contributed by atoms with Crippen LogP contribution in [0.4, 0.5) is 0 Å². The van der Waals surface area contributed by atoms with E-state index < -0.39 is 10.0 Å². The number of hydrazine groups is 1. The second-order valence-corrected chi connectivity index (χ2v) is 8.84. The van der Waals surface area contributed by atoms with E-state index in [-0.39, 0.29) is 16.7 Å². The summed E-state index contributed by atoms with van der Waals surface area (Å²) in [6.07, 6.45) is 5.59. The summed E-state index contributed by atoms with van der Waals surface area (Å²) in [6, 6.07) is 16.1. The summed E-state index contributed by atoms with van der Waals surface area (Å²) in [6.45, 7) is 2.41. The molecule has 1 heterocycles. The van der Waals surface area contributed by atoms with Gasteiger partial charge in [0.2, 0.25) is 5.91 Å². The highest BCUT2D eigenvalue weighted by molar-refractivity contribution is 7.89. The Labute approximate surface area is 177 Å². The van der Waals surface area contributed by atoms with Crippen molar-refractivity contribution in [3.05, 3.63) is 66.2 Å². The van der Waals surface area contributed by atoms with Crippen LogP contribution in [0.1, 0.15) is 18.4 Å². The van der Waals surface area contributed by atoms with Gasteiger partial charge in [-0.3, -0.25) is 15.1 Å². The van der Waals surface area contributed by atoms with E-state index in [1.165, 1.54) is 19.2 Å². The second kappa shape index (κ2) is 10.4. The average Bonchev–Trinajstić information content (AvgIpc) is 2.79. The van der Waals surface area contributed by atoms with Crippen molar-refractivity contribution >= 4 is 22.0 Å². The maximum absolute atomic E-state index is 12.4. The fourth-order valence-electron chi connectivity index (χ4n) is 3.31. The molecule has 30 heavy (non-hydrogen) atoms. The molecule has 2 aromatic rings. The molecule has 0 aromatic heterocycles. The van der Waals surface area contributed by atoms with Crippen molar-refractivity contribution < 1.29 is 17.9 Å². The minimum atomic E-state index is -3.83. The zero-order valence-electron chi connectivity index (χ0n) is 17.0. The van der Waals surface area contributed by atoms with Crippen LogP contribution in [0.15, 0.2) is 65.6 Å². The number of carbonyl (C=O) groups is 1. The van der Waals surface area contributed by atoms with E-state index in [4.69, 9.17) is 4.74 Å². The number of hydrogen-bond donors (Lipinski definition) is 2. The Morgan fingerprint density at radius 1 is 1.10 bits per heavy atom. The van der Waals surface area contributed by atoms with Gasteiger partial charge in [0.25, 0.3) is 10.0 Å². The molecule has 0 unspecified atom stereocenters. The Hall–Kier alpha value is -2.68. The number of rotatable bonds is 8. The van der Waals surface area contributed by atoms with Gasteiger partial charge >= 0.3 is 0 Å². The maximum Gasteiger partial charge on any atom is 0.257 e. The molecule has 1 saturated heterocycles. The Morgan fingerprint density at radius 3 is 2.40 bits per heavy atom. The molecule has 160 valence electrons. The third kappa shape index (κ3) is 6.16. The number of hydrogen-bond acceptors (Lipinski definition) is 5. The van der Waals surface area contributed by atoms with Crippen LogP contribution in [0.5, 0.6) is 5.75 Å². The quantitative estimate of drug-likeness (QED) is 0.630. The van der Waals surface area contributed by atoms with Gasteiger partial charge in [-0.05, 0) is 55.8 Å². The average molecular weight is 430 g/mol. The van der Waals surface area contributed by atoms with E-state index in [0.717, 1.165) is 25.2 Å². The lowest BCUT2D eigenvalue weighted by molar-refractivity contribution is -0.126. The number of likely N-dealkylation sites (tertiary alicyclic amines) is 1. The van der Waals surface area contributed by atoms with E-state index in [2.05, 4.69) is 39.4 Å². The van der Waals surface area contributed by atoms with Gasteiger partial charge in [-0.2, -0.15) is 0 Å². The van der Waals surface area contributed by atoms with Crippen molar-refractivity contribution in [2.24, 2.45) is 5.92 Å². The Kier molecular flexibility index (Phi) is 7.62. The van der Waals surface area contributed by atoms with Gasteiger partial charge < -0.3 is 4.74 Å². The number of piperidine rings is 1. The molecule has 0 saturated carbocycles. The van der Waals surface area contributed by atoms with Gasteiger partial charge in [0, 0.05) is 12.5 Å². The minimum Gasteiger partial charge on any atom is -0.497 e. The van der Waals surface area contributed by atoms with Crippen molar-refractivity contribution in [1.82, 2.24) is 15.2 Å². The molecular formula is C22H27N3O4S. The van der Waals surface area contributed by atoms with E-state index in [0.29, 0.717) is 18.6 Å². The third-order valence-corrected chi connectivity index (χ3v) is 6.37. The number of ether oxygens (including phenoxy) is 1. The smallest absolute Gasteiger partial charge is 0.257 e. The molecule has 1 aliphatic heterocycles. The molecular weight excluding hydrogens is 402 g/mol. The lowest BCUT2D eigenvalue weighted by Gasteiger charge is -2.30. The van der Waals surface area contributed by atoms with E-state index in [1.807, 2.05) is 18.2 Å². The maximum atomic E-state index is 12.4. The summed E-state index contributed by atoms with van der Waals surface area (Å²) < 4.78 is 29.7. The Bertz CT molecular complexity index is 952. The number of sulfonamides is 1. The fourth-order valence-corrected chi connectivity index (χ4v) is 4.16. The second-order valence-electron chi connectivity index (χ2n) is 7.16. The molecule has 0 atom stereocenters. The molecule has 1 amide bonds. The molecule has 2 N–H and O–H groups in total. The predicted molar refractivity (Wildman–Crippen MR) is 116 cm³/mol. The van der Waals surface area contributed by atoms with Crippen molar-refractivity contribution in [1.29, 1.82) is 0 Å². The first-order valence-corrected chi connectivity index (χ1v) is 11.4. The monoisotopic (exact) mass is 429 g/mol. The van der Waals surface area contributed by atoms with Crippen molar-refractivity contribution in [3.8, 4) is 5.75 Å². The highest BCUT2D eigenvalue weighted by Gasteiger charge is 2.25. The number of nitrogens with one attached hydrogen (secondary N) is 2. The van der Waals surface area contributed by atoms with Gasteiger partial charge in [-0.1, -0.05) is 42.5 Å². The van der Waals surface area contributed by atoms with Gasteiger partial charge in [0.1, 0.15) is 5.75 Å². The SMILES string of the molecule is COc1ccc(S(=O)(=O)NNC(=O)C2CCN(CC=Cc3ccccc3)CC2)cc1. The number of amides is 1. The van der Waals surface area contributed by atoms with Crippen LogP contribution in [0.25, 0.3) is 6.08 Å². The van der Waals surface area contributed by atoms with Crippen LogP contribution >= 0.6 is 0 Å². The van der Waals surface area contributed by atoms with Crippen molar-refractivity contribution in [3.63, 3.8) is 0 Å². The molecule has 0 bridgehead atoms. The van der Waals surface area contributed by atoms with Crippen LogP contribution < -0.4 is 15.0 Å². The van der Waals surface area contributed by atoms with E-state index in [1.54, 1.807) is 12.1 Å². The fraction of sp³-hybridized carbons (Fsp3) is 0.318. The normalized spacial score (nSPS) is 15.9. The van der Waals surface area contributed by atoms with E-state index in [9.17, 15) is 13.2 Å². The predicted octanol–water partition coefficient (Wildman–Crippen LogP) is 2.43. The zero-order valence-corrected chi connectivity index (χ0v) is 17.8. The summed E-state index contributed by atoms with van der Waals surface area (Å²) in [4.78, 5) is 16.9. The molecule has 0 aliphatic carbocycles. The molecule has 1 aliphatic rings. The molecule has 2 aromatic carbocycles. The highest BCUT2D eigenvalue weighted by Crippen LogP contribution is 2.18. The van der Waals surface area contributed by atoms with Crippen LogP contribution in [-0.4, -0.2) is 46.0 Å². The number of benzene rings is 2. The first kappa shape index (κ1) is 22.0. The lowest BCUT2D eigenvalue weighted by Crippen LogP contribution is -2.47. The van der Waals surface area contributed by atoms with Gasteiger partial charge in [0.05, 0.1) is 12.0 Å². The van der Waals surface area contributed by atoms with Gasteiger partial charge in [-0.15, -0.1) is 4.83 Å². The summed E-state index contributed by atoms with van der Waals surface area (Å²) >= 11 is 0. The molecule has 8 heteroatoms. The van der Waals surface area contributed by atoms with Gasteiger partial charge in [-0.25, -0.2) is 8.42 Å². The summed E-state index contributed by atoms with van der Waals surface area (Å²) in [7, 11) is -2.32. The minimum absolute atomic E-state index is 0.0589. The highest BCUT2D eigenvalue weighted by atomic mass is 32.2. The molecule has 0 spiro atoms. The standard InChI is InChI=1S/C22H27N3O4S/c1-29-20-9-11-21(12-10-20)30(27,28)24-23-22(26)19-13-16-25(17-14-19)15-5-8-18-6-3-2-4-7-18/h2-12,19,24H,13-17H2,1H3,(H,23,26). The first-order chi connectivity index (χ1) is 14.5. The Balaban J connectivity index is 1.43. The third-order valence-electron chi connectivity index (χ3n) is 5.11.